The lowest BCUT2D eigenvalue weighted by Gasteiger charge is -2.40. The van der Waals surface area contributed by atoms with Gasteiger partial charge in [0.1, 0.15) is 0 Å². The normalized spacial score (nSPS) is 40.2. The highest BCUT2D eigenvalue weighted by Crippen LogP contribution is 2.42. The highest BCUT2D eigenvalue weighted by atomic mass is 16.5. The monoisotopic (exact) mass is 282 g/mol. The molecule has 3 aliphatic rings. The van der Waals surface area contributed by atoms with Crippen molar-refractivity contribution >= 4 is 12.0 Å². The van der Waals surface area contributed by atoms with Gasteiger partial charge in [-0.3, -0.25) is 4.79 Å². The van der Waals surface area contributed by atoms with Crippen molar-refractivity contribution in [2.45, 2.75) is 57.3 Å². The number of ether oxygens (including phenoxy) is 1. The number of carbonyl (C=O) groups is 2. The lowest BCUT2D eigenvalue weighted by molar-refractivity contribution is -0.142. The fraction of sp³-hybridized carbons (Fsp3) is 0.857. The fourth-order valence-corrected chi connectivity index (χ4v) is 3.87. The quantitative estimate of drug-likeness (QED) is 0.783. The summed E-state index contributed by atoms with van der Waals surface area (Å²) in [7, 11) is 0. The standard InChI is InChI=1S/C14H22N2O4/c1-8-7-20-9(2)6-15(8)14(19)16-10-3-4-12(16)11(5-10)13(17)18/h8-12H,3-7H2,1-2H3,(H,17,18). The van der Waals surface area contributed by atoms with E-state index < -0.39 is 5.97 Å². The van der Waals surface area contributed by atoms with Crippen molar-refractivity contribution in [3.05, 3.63) is 0 Å². The van der Waals surface area contributed by atoms with Gasteiger partial charge in [-0.05, 0) is 33.1 Å². The summed E-state index contributed by atoms with van der Waals surface area (Å²) in [5, 5.41) is 9.27. The van der Waals surface area contributed by atoms with Gasteiger partial charge in [-0.2, -0.15) is 0 Å². The summed E-state index contributed by atoms with van der Waals surface area (Å²) in [5.74, 6) is -1.15. The van der Waals surface area contributed by atoms with Gasteiger partial charge in [0.15, 0.2) is 0 Å². The molecule has 6 heteroatoms. The van der Waals surface area contributed by atoms with E-state index in [0.717, 1.165) is 12.8 Å². The maximum Gasteiger partial charge on any atom is 0.320 e. The summed E-state index contributed by atoms with van der Waals surface area (Å²) in [6, 6.07) is 0.0557. The molecule has 1 N–H and O–H groups in total. The van der Waals surface area contributed by atoms with Gasteiger partial charge in [0.05, 0.1) is 24.7 Å². The topological polar surface area (TPSA) is 70.1 Å². The predicted octanol–water partition coefficient (Wildman–Crippen LogP) is 1.15. The van der Waals surface area contributed by atoms with Crippen LogP contribution in [0.3, 0.4) is 0 Å². The molecule has 5 atom stereocenters. The van der Waals surface area contributed by atoms with Crippen LogP contribution in [-0.4, -0.2) is 64.3 Å². The van der Waals surface area contributed by atoms with Crippen LogP contribution in [0.5, 0.6) is 0 Å². The van der Waals surface area contributed by atoms with Gasteiger partial charge in [-0.1, -0.05) is 0 Å². The molecular formula is C14H22N2O4. The van der Waals surface area contributed by atoms with Gasteiger partial charge in [-0.25, -0.2) is 4.79 Å². The molecule has 0 saturated carbocycles. The van der Waals surface area contributed by atoms with E-state index in [0.29, 0.717) is 19.6 Å². The summed E-state index contributed by atoms with van der Waals surface area (Å²) in [6.45, 7) is 5.09. The van der Waals surface area contributed by atoms with Gasteiger partial charge in [0.2, 0.25) is 0 Å². The zero-order chi connectivity index (χ0) is 14.4. The van der Waals surface area contributed by atoms with Gasteiger partial charge in [0.25, 0.3) is 0 Å². The minimum Gasteiger partial charge on any atom is -0.481 e. The Bertz CT molecular complexity index is 427. The predicted molar refractivity (Wildman–Crippen MR) is 71.4 cm³/mol. The second kappa shape index (κ2) is 4.91. The highest BCUT2D eigenvalue weighted by molar-refractivity contribution is 5.79. The number of carbonyl (C=O) groups excluding carboxylic acids is 1. The first-order valence-corrected chi connectivity index (χ1v) is 7.42. The molecule has 3 heterocycles. The Labute approximate surface area is 118 Å². The number of amides is 2. The molecular weight excluding hydrogens is 260 g/mol. The zero-order valence-electron chi connectivity index (χ0n) is 12.0. The van der Waals surface area contributed by atoms with Gasteiger partial charge >= 0.3 is 12.0 Å². The zero-order valence-corrected chi connectivity index (χ0v) is 12.0. The molecule has 0 aromatic carbocycles. The van der Waals surface area contributed by atoms with Crippen molar-refractivity contribution in [3.63, 3.8) is 0 Å². The average Bonchev–Trinajstić information content (AvgIpc) is 2.98. The lowest BCUT2D eigenvalue weighted by atomic mass is 9.89. The molecule has 0 aromatic heterocycles. The molecule has 3 aliphatic heterocycles. The van der Waals surface area contributed by atoms with Crippen LogP contribution in [0.4, 0.5) is 4.79 Å². The van der Waals surface area contributed by atoms with Crippen LogP contribution in [0, 0.1) is 5.92 Å². The van der Waals surface area contributed by atoms with E-state index in [1.807, 2.05) is 23.6 Å². The summed E-state index contributed by atoms with van der Waals surface area (Å²) in [5.41, 5.74) is 0. The third-order valence-corrected chi connectivity index (χ3v) is 4.93. The van der Waals surface area contributed by atoms with E-state index in [9.17, 15) is 14.7 Å². The number of hydrogen-bond acceptors (Lipinski definition) is 3. The minimum absolute atomic E-state index is 0.00361. The third-order valence-electron chi connectivity index (χ3n) is 4.93. The average molecular weight is 282 g/mol. The van der Waals surface area contributed by atoms with E-state index in [-0.39, 0.29) is 36.2 Å². The van der Waals surface area contributed by atoms with E-state index >= 15 is 0 Å². The van der Waals surface area contributed by atoms with Crippen molar-refractivity contribution in [2.24, 2.45) is 5.92 Å². The third kappa shape index (κ3) is 2.06. The number of fused-ring (bicyclic) bond motifs is 2. The summed E-state index contributed by atoms with van der Waals surface area (Å²) in [6.07, 6.45) is 2.42. The highest BCUT2D eigenvalue weighted by Gasteiger charge is 2.52. The lowest BCUT2D eigenvalue weighted by Crippen LogP contribution is -2.56. The summed E-state index contributed by atoms with van der Waals surface area (Å²) >= 11 is 0. The molecule has 20 heavy (non-hydrogen) atoms. The molecule has 3 fully saturated rings. The van der Waals surface area contributed by atoms with Crippen LogP contribution < -0.4 is 0 Å². The molecule has 2 amide bonds. The van der Waals surface area contributed by atoms with Crippen LogP contribution >= 0.6 is 0 Å². The van der Waals surface area contributed by atoms with Crippen molar-refractivity contribution in [1.82, 2.24) is 9.80 Å². The Kier molecular flexibility index (Phi) is 3.36. The van der Waals surface area contributed by atoms with Gasteiger partial charge in [-0.15, -0.1) is 0 Å². The van der Waals surface area contributed by atoms with Crippen LogP contribution in [0.1, 0.15) is 33.1 Å². The summed E-state index contributed by atoms with van der Waals surface area (Å²) in [4.78, 5) is 27.8. The Hall–Kier alpha value is -1.30. The Morgan fingerprint density at radius 1 is 1.25 bits per heavy atom. The molecule has 0 aromatic rings. The van der Waals surface area contributed by atoms with Crippen molar-refractivity contribution in [3.8, 4) is 0 Å². The second-order valence-corrected chi connectivity index (χ2v) is 6.31. The Morgan fingerprint density at radius 2 is 2.00 bits per heavy atom. The van der Waals surface area contributed by atoms with E-state index in [1.165, 1.54) is 0 Å². The van der Waals surface area contributed by atoms with Gasteiger partial charge < -0.3 is 19.6 Å². The SMILES string of the molecule is CC1CN(C(=O)N2C3CCC2C(C(=O)O)C3)C(C)CO1. The number of hydrogen-bond donors (Lipinski definition) is 1. The first-order chi connectivity index (χ1) is 9.49. The number of carboxylic acid groups (broad SMARTS) is 1. The van der Waals surface area contributed by atoms with E-state index in [2.05, 4.69) is 0 Å². The molecule has 112 valence electrons. The number of aliphatic carboxylic acids is 1. The van der Waals surface area contributed by atoms with Crippen LogP contribution in [-0.2, 0) is 9.53 Å². The minimum atomic E-state index is -0.765. The van der Waals surface area contributed by atoms with E-state index in [1.54, 1.807) is 0 Å². The first-order valence-electron chi connectivity index (χ1n) is 7.42. The first kappa shape index (κ1) is 13.7. The van der Waals surface area contributed by atoms with Crippen LogP contribution in [0.2, 0.25) is 0 Å². The van der Waals surface area contributed by atoms with Crippen molar-refractivity contribution < 1.29 is 19.4 Å². The number of urea groups is 1. The molecule has 0 aliphatic carbocycles. The number of morpholine rings is 1. The molecule has 6 nitrogen and oxygen atoms in total. The van der Waals surface area contributed by atoms with Crippen molar-refractivity contribution in [1.29, 1.82) is 0 Å². The molecule has 0 spiro atoms. The Morgan fingerprint density at radius 3 is 2.65 bits per heavy atom. The smallest absolute Gasteiger partial charge is 0.320 e. The summed E-state index contributed by atoms with van der Waals surface area (Å²) < 4.78 is 5.56. The molecule has 0 radical (unpaired) electrons. The molecule has 3 rings (SSSR count). The molecule has 5 unspecified atom stereocenters. The molecule has 3 saturated heterocycles. The number of carboxylic acids is 1. The van der Waals surface area contributed by atoms with Crippen LogP contribution in [0.25, 0.3) is 0 Å². The Balaban J connectivity index is 1.76. The largest absolute Gasteiger partial charge is 0.481 e. The maximum absolute atomic E-state index is 12.8. The number of rotatable bonds is 1. The number of nitrogens with zero attached hydrogens (tertiary/aromatic N) is 2. The van der Waals surface area contributed by atoms with E-state index in [4.69, 9.17) is 4.74 Å². The second-order valence-electron chi connectivity index (χ2n) is 6.31. The van der Waals surface area contributed by atoms with Crippen LogP contribution in [0.15, 0.2) is 0 Å². The maximum atomic E-state index is 12.8. The van der Waals surface area contributed by atoms with Crippen molar-refractivity contribution in [2.75, 3.05) is 13.2 Å². The fourth-order valence-electron chi connectivity index (χ4n) is 3.87. The van der Waals surface area contributed by atoms with Gasteiger partial charge in [0, 0.05) is 18.6 Å². The molecule has 2 bridgehead atoms.